The van der Waals surface area contributed by atoms with Gasteiger partial charge in [0, 0.05) is 11.8 Å². The third kappa shape index (κ3) is 2.55. The maximum absolute atomic E-state index is 12.1. The highest BCUT2D eigenvalue weighted by Gasteiger charge is 2.60. The molecule has 0 aromatic carbocycles. The highest BCUT2D eigenvalue weighted by Crippen LogP contribution is 2.59. The Hall–Kier alpha value is -1.03. The number of carbonyl (C=O) groups excluding carboxylic acids is 1. The molecule has 124 valence electrons. The van der Waals surface area contributed by atoms with E-state index in [9.17, 15) is 4.79 Å². The van der Waals surface area contributed by atoms with Gasteiger partial charge < -0.3 is 14.2 Å². The van der Waals surface area contributed by atoms with Crippen molar-refractivity contribution < 1.29 is 19.0 Å². The van der Waals surface area contributed by atoms with E-state index in [-0.39, 0.29) is 29.2 Å². The van der Waals surface area contributed by atoms with Crippen LogP contribution >= 0.6 is 0 Å². The highest BCUT2D eigenvalue weighted by atomic mass is 16.7. The quantitative estimate of drug-likeness (QED) is 0.697. The maximum atomic E-state index is 12.1. The summed E-state index contributed by atoms with van der Waals surface area (Å²) in [5.41, 5.74) is -0.105. The molecule has 2 bridgehead atoms. The summed E-state index contributed by atoms with van der Waals surface area (Å²) >= 11 is 0. The van der Waals surface area contributed by atoms with Crippen molar-refractivity contribution in [1.82, 2.24) is 0 Å². The molecular formula is C18H28O4. The Kier molecular flexibility index (Phi) is 4.49. The minimum absolute atomic E-state index is 0.0417. The van der Waals surface area contributed by atoms with E-state index in [4.69, 9.17) is 14.2 Å². The number of hydrogen-bond donors (Lipinski definition) is 0. The molecule has 22 heavy (non-hydrogen) atoms. The normalized spacial score (nSPS) is 36.0. The van der Waals surface area contributed by atoms with Crippen LogP contribution in [0.5, 0.6) is 0 Å². The minimum Gasteiger partial charge on any atom is -0.473 e. The molecule has 1 saturated heterocycles. The van der Waals surface area contributed by atoms with E-state index in [1.165, 1.54) is 12.8 Å². The van der Waals surface area contributed by atoms with E-state index in [0.717, 1.165) is 38.5 Å². The summed E-state index contributed by atoms with van der Waals surface area (Å²) < 4.78 is 17.3. The first-order valence-electron chi connectivity index (χ1n) is 8.82. The van der Waals surface area contributed by atoms with Gasteiger partial charge in [-0.1, -0.05) is 26.7 Å². The number of carbonyl (C=O) groups is 1. The van der Waals surface area contributed by atoms with Crippen molar-refractivity contribution >= 4 is 5.97 Å². The van der Waals surface area contributed by atoms with Crippen molar-refractivity contribution in [3.8, 4) is 0 Å². The summed E-state index contributed by atoms with van der Waals surface area (Å²) in [5, 5.41) is 0. The van der Waals surface area contributed by atoms with Gasteiger partial charge in [-0.25, -0.2) is 0 Å². The van der Waals surface area contributed by atoms with Gasteiger partial charge >= 0.3 is 5.97 Å². The summed E-state index contributed by atoms with van der Waals surface area (Å²) in [6, 6.07) is 0. The Bertz CT molecular complexity index is 442. The molecule has 3 atom stereocenters. The van der Waals surface area contributed by atoms with E-state index in [2.05, 4.69) is 6.08 Å². The van der Waals surface area contributed by atoms with E-state index in [0.29, 0.717) is 6.61 Å². The third-order valence-corrected chi connectivity index (χ3v) is 5.96. The summed E-state index contributed by atoms with van der Waals surface area (Å²) in [5.74, 6) is 0.0000380. The van der Waals surface area contributed by atoms with Crippen LogP contribution in [0.25, 0.3) is 0 Å². The molecule has 2 fully saturated rings. The average molecular weight is 308 g/mol. The second-order valence-electron chi connectivity index (χ2n) is 7.00. The summed E-state index contributed by atoms with van der Waals surface area (Å²) in [4.78, 5) is 12.1. The van der Waals surface area contributed by atoms with Crippen LogP contribution in [0.4, 0.5) is 0 Å². The Balaban J connectivity index is 1.63. The molecule has 1 aliphatic carbocycles. The SMILES string of the molecule is CCC(CC)C(=O)OCC[C@@]12CCCC[C@@]13C=CO[C@@H](C2)O3. The first kappa shape index (κ1) is 15.9. The fourth-order valence-electron chi connectivity index (χ4n) is 4.52. The van der Waals surface area contributed by atoms with Gasteiger partial charge in [-0.05, 0) is 38.2 Å². The number of esters is 1. The fourth-order valence-corrected chi connectivity index (χ4v) is 4.52. The molecule has 1 spiro atoms. The van der Waals surface area contributed by atoms with Crippen molar-refractivity contribution in [1.29, 1.82) is 0 Å². The van der Waals surface area contributed by atoms with Crippen LogP contribution in [0.3, 0.4) is 0 Å². The zero-order chi connectivity index (χ0) is 15.6. The van der Waals surface area contributed by atoms with Gasteiger partial charge in [-0.2, -0.15) is 0 Å². The first-order chi connectivity index (χ1) is 10.6. The van der Waals surface area contributed by atoms with Crippen molar-refractivity contribution in [2.24, 2.45) is 11.3 Å². The molecule has 3 rings (SSSR count). The summed E-state index contributed by atoms with van der Waals surface area (Å²) in [7, 11) is 0. The lowest BCUT2D eigenvalue weighted by atomic mass is 9.61. The smallest absolute Gasteiger partial charge is 0.308 e. The van der Waals surface area contributed by atoms with Gasteiger partial charge in [0.1, 0.15) is 0 Å². The van der Waals surface area contributed by atoms with Crippen LogP contribution in [-0.2, 0) is 19.0 Å². The Morgan fingerprint density at radius 3 is 2.86 bits per heavy atom. The van der Waals surface area contributed by atoms with Gasteiger partial charge in [-0.15, -0.1) is 0 Å². The molecule has 2 aliphatic heterocycles. The molecule has 4 nitrogen and oxygen atoms in total. The molecule has 1 saturated carbocycles. The summed E-state index contributed by atoms with van der Waals surface area (Å²) in [6.45, 7) is 4.58. The largest absolute Gasteiger partial charge is 0.473 e. The lowest BCUT2D eigenvalue weighted by Crippen LogP contribution is -2.47. The van der Waals surface area contributed by atoms with Gasteiger partial charge in [0.05, 0.1) is 24.4 Å². The predicted molar refractivity (Wildman–Crippen MR) is 83.0 cm³/mol. The Morgan fingerprint density at radius 1 is 1.32 bits per heavy atom. The minimum atomic E-state index is -0.185. The first-order valence-corrected chi connectivity index (χ1v) is 8.82. The summed E-state index contributed by atoms with van der Waals surface area (Å²) in [6.07, 6.45) is 11.9. The van der Waals surface area contributed by atoms with Crippen molar-refractivity contribution in [2.45, 2.75) is 77.1 Å². The van der Waals surface area contributed by atoms with Crippen LogP contribution < -0.4 is 0 Å². The van der Waals surface area contributed by atoms with Crippen LogP contribution in [0.1, 0.15) is 65.2 Å². The molecule has 4 heteroatoms. The van der Waals surface area contributed by atoms with Crippen LogP contribution in [-0.4, -0.2) is 24.5 Å². The van der Waals surface area contributed by atoms with Crippen LogP contribution in [0.15, 0.2) is 12.3 Å². The molecular weight excluding hydrogens is 280 g/mol. The number of ether oxygens (including phenoxy) is 3. The molecule has 0 amide bonds. The van der Waals surface area contributed by atoms with Gasteiger partial charge in [0.15, 0.2) is 0 Å². The van der Waals surface area contributed by atoms with Gasteiger partial charge in [-0.3, -0.25) is 4.79 Å². The zero-order valence-corrected chi connectivity index (χ0v) is 13.8. The van der Waals surface area contributed by atoms with E-state index < -0.39 is 0 Å². The molecule has 0 aromatic rings. The number of hydrogen-bond acceptors (Lipinski definition) is 4. The third-order valence-electron chi connectivity index (χ3n) is 5.96. The molecule has 3 aliphatic rings. The second kappa shape index (κ2) is 6.23. The molecule has 0 unspecified atom stereocenters. The van der Waals surface area contributed by atoms with Gasteiger partial charge in [0.2, 0.25) is 6.29 Å². The number of fused-ring (bicyclic) bond motifs is 1. The predicted octanol–water partition coefficient (Wildman–Crippen LogP) is 3.95. The maximum Gasteiger partial charge on any atom is 0.308 e. The molecule has 0 aromatic heterocycles. The van der Waals surface area contributed by atoms with Crippen molar-refractivity contribution in [3.05, 3.63) is 12.3 Å². The topological polar surface area (TPSA) is 44.8 Å². The molecule has 0 radical (unpaired) electrons. The average Bonchev–Trinajstić information content (AvgIpc) is 2.74. The lowest BCUT2D eigenvalue weighted by molar-refractivity contribution is -0.166. The van der Waals surface area contributed by atoms with Gasteiger partial charge in [0.25, 0.3) is 0 Å². The van der Waals surface area contributed by atoms with E-state index >= 15 is 0 Å². The van der Waals surface area contributed by atoms with Crippen molar-refractivity contribution in [3.63, 3.8) is 0 Å². The Morgan fingerprint density at radius 2 is 2.09 bits per heavy atom. The fraction of sp³-hybridized carbons (Fsp3) is 0.833. The zero-order valence-electron chi connectivity index (χ0n) is 13.8. The standard InChI is InChI=1S/C18H28O4/c1-3-14(4-2)16(19)21-11-9-17-7-5-6-8-18(17)10-12-20-15(13-17)22-18/h10,12,14-15H,3-9,11,13H2,1-2H3/t15-,17-,18-/m1/s1. The van der Waals surface area contributed by atoms with Crippen LogP contribution in [0, 0.1) is 11.3 Å². The molecule has 2 heterocycles. The molecule has 0 N–H and O–H groups in total. The highest BCUT2D eigenvalue weighted by molar-refractivity contribution is 5.72. The monoisotopic (exact) mass is 308 g/mol. The van der Waals surface area contributed by atoms with E-state index in [1.807, 2.05) is 20.1 Å². The lowest BCUT2D eigenvalue weighted by Gasteiger charge is -2.46. The van der Waals surface area contributed by atoms with E-state index in [1.54, 1.807) is 0 Å². The van der Waals surface area contributed by atoms with Crippen molar-refractivity contribution in [2.75, 3.05) is 6.61 Å². The Labute approximate surface area is 133 Å². The number of rotatable bonds is 6. The second-order valence-corrected chi connectivity index (χ2v) is 7.00. The van der Waals surface area contributed by atoms with Crippen LogP contribution in [0.2, 0.25) is 0 Å².